The number of para-hydroxylation sites is 1. The monoisotopic (exact) mass is 260 g/mol. The fourth-order valence-corrected chi connectivity index (χ4v) is 1.89. The minimum absolute atomic E-state index is 0.117. The van der Waals surface area contributed by atoms with Gasteiger partial charge in [-0.05, 0) is 32.4 Å². The molecule has 0 aliphatic heterocycles. The summed E-state index contributed by atoms with van der Waals surface area (Å²) in [7, 11) is 0. The Morgan fingerprint density at radius 3 is 2.84 bits per heavy atom. The summed E-state index contributed by atoms with van der Waals surface area (Å²) in [6.45, 7) is 5.31. The molecule has 19 heavy (non-hydrogen) atoms. The number of hydrogen-bond acceptors (Lipinski definition) is 4. The molecule has 1 aromatic heterocycles. The number of carbonyl (C=O) groups excluding carboxylic acids is 1. The van der Waals surface area contributed by atoms with Crippen LogP contribution in [0.2, 0.25) is 0 Å². The Kier molecular flexibility index (Phi) is 3.64. The van der Waals surface area contributed by atoms with Crippen molar-refractivity contribution in [3.05, 3.63) is 40.4 Å². The van der Waals surface area contributed by atoms with Gasteiger partial charge in [0.15, 0.2) is 0 Å². The van der Waals surface area contributed by atoms with Crippen LogP contribution in [0.5, 0.6) is 0 Å². The first kappa shape index (κ1) is 13.3. The quantitative estimate of drug-likeness (QED) is 0.787. The average Bonchev–Trinajstić information content (AvgIpc) is 2.32. The van der Waals surface area contributed by atoms with Gasteiger partial charge in [0.2, 0.25) is 0 Å². The van der Waals surface area contributed by atoms with E-state index in [0.717, 1.165) is 5.56 Å². The molecule has 0 radical (unpaired) electrons. The van der Waals surface area contributed by atoms with Crippen LogP contribution in [-0.2, 0) is 16.1 Å². The fourth-order valence-electron chi connectivity index (χ4n) is 1.89. The lowest BCUT2D eigenvalue weighted by molar-refractivity contribution is -0.148. The molecule has 0 fully saturated rings. The van der Waals surface area contributed by atoms with Gasteiger partial charge in [-0.3, -0.25) is 14.2 Å². The Balaban J connectivity index is 2.39. The minimum Gasteiger partial charge on any atom is -0.462 e. The maximum absolute atomic E-state index is 12.2. The van der Waals surface area contributed by atoms with Crippen LogP contribution in [0.3, 0.4) is 0 Å². The third-order valence-corrected chi connectivity index (χ3v) is 2.72. The summed E-state index contributed by atoms with van der Waals surface area (Å²) in [5, 5.41) is 0.514. The van der Waals surface area contributed by atoms with E-state index < -0.39 is 5.97 Å². The Labute approximate surface area is 110 Å². The molecule has 0 spiro atoms. The van der Waals surface area contributed by atoms with Crippen molar-refractivity contribution >= 4 is 16.9 Å². The van der Waals surface area contributed by atoms with Crippen LogP contribution < -0.4 is 5.56 Å². The lowest BCUT2D eigenvalue weighted by Gasteiger charge is -2.10. The summed E-state index contributed by atoms with van der Waals surface area (Å²) in [6, 6.07) is 5.41. The van der Waals surface area contributed by atoms with Gasteiger partial charge in [-0.25, -0.2) is 4.98 Å². The third-order valence-electron chi connectivity index (χ3n) is 2.72. The van der Waals surface area contributed by atoms with Crippen molar-refractivity contribution in [2.75, 3.05) is 0 Å². The normalized spacial score (nSPS) is 10.9. The Morgan fingerprint density at radius 2 is 2.16 bits per heavy atom. The van der Waals surface area contributed by atoms with Crippen LogP contribution in [0.15, 0.2) is 29.3 Å². The molecule has 5 heteroatoms. The van der Waals surface area contributed by atoms with E-state index in [4.69, 9.17) is 4.74 Å². The topological polar surface area (TPSA) is 61.2 Å². The zero-order chi connectivity index (χ0) is 14.0. The maximum atomic E-state index is 12.2. The number of aromatic nitrogens is 2. The first-order valence-electron chi connectivity index (χ1n) is 6.13. The Bertz CT molecular complexity index is 674. The van der Waals surface area contributed by atoms with E-state index in [0.29, 0.717) is 10.9 Å². The predicted molar refractivity (Wildman–Crippen MR) is 72.0 cm³/mol. The highest BCUT2D eigenvalue weighted by Crippen LogP contribution is 2.11. The third kappa shape index (κ3) is 2.81. The van der Waals surface area contributed by atoms with Crippen molar-refractivity contribution in [3.63, 3.8) is 0 Å². The van der Waals surface area contributed by atoms with Gasteiger partial charge >= 0.3 is 5.97 Å². The number of ether oxygens (including phenoxy) is 1. The van der Waals surface area contributed by atoms with E-state index in [1.54, 1.807) is 26.0 Å². The van der Waals surface area contributed by atoms with Gasteiger partial charge in [0.05, 0.1) is 23.3 Å². The molecule has 100 valence electrons. The van der Waals surface area contributed by atoms with Gasteiger partial charge in [0.25, 0.3) is 5.56 Å². The molecule has 0 N–H and O–H groups in total. The standard InChI is InChI=1S/C14H16N2O3/c1-9(2)19-12(17)7-16-8-15-13-10(3)5-4-6-11(13)14(16)18/h4-6,8-9H,7H2,1-3H3. The number of hydrogen-bond donors (Lipinski definition) is 0. The molecule has 0 aliphatic carbocycles. The van der Waals surface area contributed by atoms with E-state index in [1.807, 2.05) is 13.0 Å². The van der Waals surface area contributed by atoms with Gasteiger partial charge in [-0.2, -0.15) is 0 Å². The van der Waals surface area contributed by atoms with Gasteiger partial charge in [0.1, 0.15) is 6.54 Å². The smallest absolute Gasteiger partial charge is 0.326 e. The molecule has 0 atom stereocenters. The molecule has 0 aliphatic rings. The number of esters is 1. The van der Waals surface area contributed by atoms with Gasteiger partial charge in [-0.1, -0.05) is 12.1 Å². The number of rotatable bonds is 3. The predicted octanol–water partition coefficient (Wildman–Crippen LogP) is 1.66. The van der Waals surface area contributed by atoms with Crippen LogP contribution in [0, 0.1) is 6.92 Å². The molecule has 0 saturated heterocycles. The second-order valence-electron chi connectivity index (χ2n) is 4.69. The van der Waals surface area contributed by atoms with Gasteiger partial charge < -0.3 is 4.74 Å². The highest BCUT2D eigenvalue weighted by molar-refractivity contribution is 5.80. The molecule has 0 bridgehead atoms. The fraction of sp³-hybridized carbons (Fsp3) is 0.357. The van der Waals surface area contributed by atoms with E-state index in [2.05, 4.69) is 4.98 Å². The molecule has 0 unspecified atom stereocenters. The maximum Gasteiger partial charge on any atom is 0.326 e. The van der Waals surface area contributed by atoms with Crippen molar-refractivity contribution in [2.45, 2.75) is 33.4 Å². The first-order chi connectivity index (χ1) is 8.99. The number of benzene rings is 1. The van der Waals surface area contributed by atoms with Crippen molar-refractivity contribution in [1.82, 2.24) is 9.55 Å². The molecule has 1 heterocycles. The lowest BCUT2D eigenvalue weighted by atomic mass is 10.1. The van der Waals surface area contributed by atoms with Crippen LogP contribution in [-0.4, -0.2) is 21.6 Å². The van der Waals surface area contributed by atoms with E-state index >= 15 is 0 Å². The van der Waals surface area contributed by atoms with Crippen molar-refractivity contribution < 1.29 is 9.53 Å². The first-order valence-corrected chi connectivity index (χ1v) is 6.13. The van der Waals surface area contributed by atoms with Crippen LogP contribution in [0.1, 0.15) is 19.4 Å². The second-order valence-corrected chi connectivity index (χ2v) is 4.69. The number of nitrogens with zero attached hydrogens (tertiary/aromatic N) is 2. The van der Waals surface area contributed by atoms with Crippen molar-refractivity contribution in [1.29, 1.82) is 0 Å². The highest BCUT2D eigenvalue weighted by atomic mass is 16.5. The number of carbonyl (C=O) groups is 1. The SMILES string of the molecule is Cc1cccc2c(=O)n(CC(=O)OC(C)C)cnc12. The van der Waals surface area contributed by atoms with E-state index in [1.165, 1.54) is 10.9 Å². The molecule has 2 aromatic rings. The van der Waals surface area contributed by atoms with Crippen LogP contribution >= 0.6 is 0 Å². The molecular weight excluding hydrogens is 244 g/mol. The van der Waals surface area contributed by atoms with E-state index in [-0.39, 0.29) is 18.2 Å². The zero-order valence-corrected chi connectivity index (χ0v) is 11.2. The molecular formula is C14H16N2O3. The summed E-state index contributed by atoms with van der Waals surface area (Å²) >= 11 is 0. The summed E-state index contributed by atoms with van der Waals surface area (Å²) in [5.74, 6) is -0.439. The average molecular weight is 260 g/mol. The van der Waals surface area contributed by atoms with Gasteiger partial charge in [0, 0.05) is 0 Å². The van der Waals surface area contributed by atoms with Crippen LogP contribution in [0.4, 0.5) is 0 Å². The summed E-state index contributed by atoms with van der Waals surface area (Å²) in [5.41, 5.74) is 1.38. The molecule has 5 nitrogen and oxygen atoms in total. The number of aryl methyl sites for hydroxylation is 1. The zero-order valence-electron chi connectivity index (χ0n) is 11.2. The molecule has 0 amide bonds. The van der Waals surface area contributed by atoms with Crippen LogP contribution in [0.25, 0.3) is 10.9 Å². The van der Waals surface area contributed by atoms with Gasteiger partial charge in [-0.15, -0.1) is 0 Å². The Hall–Kier alpha value is -2.17. The summed E-state index contributed by atoms with van der Waals surface area (Å²) in [6.07, 6.45) is 1.19. The lowest BCUT2D eigenvalue weighted by Crippen LogP contribution is -2.27. The summed E-state index contributed by atoms with van der Waals surface area (Å²) in [4.78, 5) is 28.0. The van der Waals surface area contributed by atoms with Crippen molar-refractivity contribution in [2.24, 2.45) is 0 Å². The second kappa shape index (κ2) is 5.22. The van der Waals surface area contributed by atoms with Crippen molar-refractivity contribution in [3.8, 4) is 0 Å². The molecule has 2 rings (SSSR count). The molecule has 0 saturated carbocycles. The number of fused-ring (bicyclic) bond motifs is 1. The largest absolute Gasteiger partial charge is 0.462 e. The van der Waals surface area contributed by atoms with E-state index in [9.17, 15) is 9.59 Å². The Morgan fingerprint density at radius 1 is 1.42 bits per heavy atom. The molecule has 1 aromatic carbocycles. The highest BCUT2D eigenvalue weighted by Gasteiger charge is 2.10. The summed E-state index contributed by atoms with van der Waals surface area (Å²) < 4.78 is 6.29. The minimum atomic E-state index is -0.439.